The zero-order valence-corrected chi connectivity index (χ0v) is 13.5. The van der Waals surface area contributed by atoms with Gasteiger partial charge in [0.1, 0.15) is 5.75 Å². The third kappa shape index (κ3) is 4.03. The number of phenols is 1. The summed E-state index contributed by atoms with van der Waals surface area (Å²) in [6.07, 6.45) is 0.935. The van der Waals surface area contributed by atoms with Crippen molar-refractivity contribution >= 4 is 17.5 Å². The van der Waals surface area contributed by atoms with Crippen LogP contribution in [0.2, 0.25) is 5.02 Å². The largest absolute Gasteiger partial charge is 0.506 e. The molecule has 0 bridgehead atoms. The van der Waals surface area contributed by atoms with Crippen LogP contribution in [0.3, 0.4) is 0 Å². The number of nitrogens with one attached hydrogen (secondary N) is 1. The van der Waals surface area contributed by atoms with Crippen molar-refractivity contribution in [2.75, 3.05) is 13.1 Å². The number of rotatable bonds is 4. The minimum absolute atomic E-state index is 0.0156. The fourth-order valence-corrected chi connectivity index (χ4v) is 3.03. The Labute approximate surface area is 140 Å². The lowest BCUT2D eigenvalue weighted by molar-refractivity contribution is 0.0937. The molecule has 120 valence electrons. The summed E-state index contributed by atoms with van der Waals surface area (Å²) in [7, 11) is 0. The number of amides is 1. The van der Waals surface area contributed by atoms with E-state index in [2.05, 4.69) is 22.3 Å². The minimum Gasteiger partial charge on any atom is -0.506 e. The van der Waals surface area contributed by atoms with E-state index in [0.29, 0.717) is 5.56 Å². The quantitative estimate of drug-likeness (QED) is 0.906. The predicted molar refractivity (Wildman–Crippen MR) is 90.7 cm³/mol. The maximum Gasteiger partial charge on any atom is 0.251 e. The Morgan fingerprint density at radius 2 is 2.04 bits per heavy atom. The normalized spacial score (nSPS) is 18.0. The Bertz CT molecular complexity index is 691. The number of carbonyl (C=O) groups excluding carboxylic acids is 1. The van der Waals surface area contributed by atoms with Crippen LogP contribution in [-0.4, -0.2) is 35.0 Å². The second-order valence-corrected chi connectivity index (χ2v) is 6.25. The van der Waals surface area contributed by atoms with Crippen molar-refractivity contribution in [1.82, 2.24) is 10.2 Å². The van der Waals surface area contributed by atoms with Gasteiger partial charge in [0.2, 0.25) is 0 Å². The molecule has 2 aromatic carbocycles. The van der Waals surface area contributed by atoms with Crippen molar-refractivity contribution in [2.45, 2.75) is 19.0 Å². The lowest BCUT2D eigenvalue weighted by Crippen LogP contribution is -2.36. The molecule has 2 aromatic rings. The van der Waals surface area contributed by atoms with Crippen LogP contribution in [0, 0.1) is 0 Å². The lowest BCUT2D eigenvalue weighted by Gasteiger charge is -2.17. The molecule has 2 N–H and O–H groups in total. The van der Waals surface area contributed by atoms with Crippen molar-refractivity contribution in [3.05, 3.63) is 64.7 Å². The number of aromatic hydroxyl groups is 1. The van der Waals surface area contributed by atoms with E-state index in [1.54, 1.807) is 6.07 Å². The molecule has 5 heteroatoms. The Morgan fingerprint density at radius 3 is 2.78 bits per heavy atom. The molecular weight excluding hydrogens is 312 g/mol. The first kappa shape index (κ1) is 15.8. The topological polar surface area (TPSA) is 52.6 Å². The van der Waals surface area contributed by atoms with E-state index >= 15 is 0 Å². The standard InChI is InChI=1S/C18H19ClN2O2/c19-16-10-14(6-7-17(16)22)18(23)20-15-8-9-21(12-15)11-13-4-2-1-3-5-13/h1-7,10,15,22H,8-9,11-12H2,(H,20,23). The van der Waals surface area contributed by atoms with Crippen molar-refractivity contribution in [3.8, 4) is 5.75 Å². The van der Waals surface area contributed by atoms with Crippen molar-refractivity contribution in [2.24, 2.45) is 0 Å². The van der Waals surface area contributed by atoms with E-state index < -0.39 is 0 Å². The van der Waals surface area contributed by atoms with Crippen molar-refractivity contribution in [1.29, 1.82) is 0 Å². The zero-order valence-electron chi connectivity index (χ0n) is 12.7. The zero-order chi connectivity index (χ0) is 16.2. The second kappa shape index (κ2) is 7.02. The van der Waals surface area contributed by atoms with Crippen LogP contribution in [0.4, 0.5) is 0 Å². The van der Waals surface area contributed by atoms with Gasteiger partial charge in [0, 0.05) is 31.2 Å². The van der Waals surface area contributed by atoms with E-state index in [1.807, 2.05) is 18.2 Å². The molecule has 1 aliphatic rings. The average Bonchev–Trinajstić information content (AvgIpc) is 2.98. The molecule has 23 heavy (non-hydrogen) atoms. The van der Waals surface area contributed by atoms with Crippen LogP contribution in [0.1, 0.15) is 22.3 Å². The molecule has 4 nitrogen and oxygen atoms in total. The summed E-state index contributed by atoms with van der Waals surface area (Å²) < 4.78 is 0. The molecule has 1 heterocycles. The molecule has 1 unspecified atom stereocenters. The van der Waals surface area contributed by atoms with Gasteiger partial charge in [-0.1, -0.05) is 41.9 Å². The van der Waals surface area contributed by atoms with Gasteiger partial charge in [0.15, 0.2) is 0 Å². The number of carbonyl (C=O) groups is 1. The van der Waals surface area contributed by atoms with Gasteiger partial charge in [-0.05, 0) is 30.2 Å². The minimum atomic E-state index is -0.154. The molecule has 0 saturated carbocycles. The van der Waals surface area contributed by atoms with Crippen LogP contribution in [0.15, 0.2) is 48.5 Å². The molecule has 0 aliphatic carbocycles. The third-order valence-electron chi connectivity index (χ3n) is 4.07. The van der Waals surface area contributed by atoms with E-state index in [1.165, 1.54) is 17.7 Å². The highest BCUT2D eigenvalue weighted by molar-refractivity contribution is 6.32. The molecule has 1 amide bonds. The molecule has 1 saturated heterocycles. The van der Waals surface area contributed by atoms with Crippen LogP contribution >= 0.6 is 11.6 Å². The van der Waals surface area contributed by atoms with Crippen molar-refractivity contribution < 1.29 is 9.90 Å². The fourth-order valence-electron chi connectivity index (χ4n) is 2.85. The summed E-state index contributed by atoms with van der Waals surface area (Å²) in [6.45, 7) is 2.71. The number of benzene rings is 2. The maximum atomic E-state index is 12.3. The Kier molecular flexibility index (Phi) is 4.84. The van der Waals surface area contributed by atoms with E-state index in [4.69, 9.17) is 11.6 Å². The summed E-state index contributed by atoms with van der Waals surface area (Å²) in [5.74, 6) is -0.170. The van der Waals surface area contributed by atoms with Gasteiger partial charge in [-0.15, -0.1) is 0 Å². The summed E-state index contributed by atoms with van der Waals surface area (Å²) in [5.41, 5.74) is 1.75. The maximum absolute atomic E-state index is 12.3. The first-order valence-electron chi connectivity index (χ1n) is 7.67. The van der Waals surface area contributed by atoms with Gasteiger partial charge < -0.3 is 10.4 Å². The third-order valence-corrected chi connectivity index (χ3v) is 4.37. The molecule has 3 rings (SSSR count). The first-order chi connectivity index (χ1) is 11.1. The van der Waals surface area contributed by atoms with E-state index in [0.717, 1.165) is 26.1 Å². The van der Waals surface area contributed by atoms with Gasteiger partial charge in [-0.2, -0.15) is 0 Å². The summed E-state index contributed by atoms with van der Waals surface area (Å²) in [4.78, 5) is 14.6. The van der Waals surface area contributed by atoms with Crippen LogP contribution in [0.5, 0.6) is 5.75 Å². The van der Waals surface area contributed by atoms with Gasteiger partial charge >= 0.3 is 0 Å². The molecule has 0 aromatic heterocycles. The average molecular weight is 331 g/mol. The highest BCUT2D eigenvalue weighted by Crippen LogP contribution is 2.23. The number of hydrogen-bond donors (Lipinski definition) is 2. The van der Waals surface area contributed by atoms with E-state index in [9.17, 15) is 9.90 Å². The van der Waals surface area contributed by atoms with E-state index in [-0.39, 0.29) is 22.7 Å². The number of hydrogen-bond acceptors (Lipinski definition) is 3. The molecule has 0 radical (unpaired) electrons. The first-order valence-corrected chi connectivity index (χ1v) is 8.05. The van der Waals surface area contributed by atoms with Crippen LogP contribution in [0.25, 0.3) is 0 Å². The number of halogens is 1. The Morgan fingerprint density at radius 1 is 1.26 bits per heavy atom. The van der Waals surface area contributed by atoms with Crippen LogP contribution in [-0.2, 0) is 6.54 Å². The van der Waals surface area contributed by atoms with Gasteiger partial charge in [-0.25, -0.2) is 0 Å². The Hall–Kier alpha value is -2.04. The number of phenolic OH excluding ortho intramolecular Hbond substituents is 1. The monoisotopic (exact) mass is 330 g/mol. The molecule has 0 spiro atoms. The fraction of sp³-hybridized carbons (Fsp3) is 0.278. The van der Waals surface area contributed by atoms with Gasteiger partial charge in [0.25, 0.3) is 5.91 Å². The van der Waals surface area contributed by atoms with Gasteiger partial charge in [-0.3, -0.25) is 9.69 Å². The highest BCUT2D eigenvalue weighted by Gasteiger charge is 2.24. The van der Waals surface area contributed by atoms with Crippen molar-refractivity contribution in [3.63, 3.8) is 0 Å². The number of likely N-dealkylation sites (tertiary alicyclic amines) is 1. The molecule has 1 atom stereocenters. The second-order valence-electron chi connectivity index (χ2n) is 5.85. The molecule has 1 aliphatic heterocycles. The molecule has 1 fully saturated rings. The van der Waals surface area contributed by atoms with Crippen LogP contribution < -0.4 is 5.32 Å². The SMILES string of the molecule is O=C(NC1CCN(Cc2ccccc2)C1)c1ccc(O)c(Cl)c1. The summed E-state index contributed by atoms with van der Waals surface area (Å²) >= 11 is 5.85. The lowest BCUT2D eigenvalue weighted by atomic mass is 10.2. The molecular formula is C18H19ClN2O2. The highest BCUT2D eigenvalue weighted by atomic mass is 35.5. The summed E-state index contributed by atoms with van der Waals surface area (Å²) in [6, 6.07) is 15.0. The Balaban J connectivity index is 1.55. The smallest absolute Gasteiger partial charge is 0.251 e. The predicted octanol–water partition coefficient (Wildman–Crippen LogP) is 3.05. The van der Waals surface area contributed by atoms with Gasteiger partial charge in [0.05, 0.1) is 5.02 Å². The number of nitrogens with zero attached hydrogens (tertiary/aromatic N) is 1. The summed E-state index contributed by atoms with van der Waals surface area (Å²) in [5, 5.41) is 12.6.